The Morgan fingerprint density at radius 3 is 2.44 bits per heavy atom. The van der Waals surface area contributed by atoms with Gasteiger partial charge in [-0.05, 0) is 24.3 Å². The summed E-state index contributed by atoms with van der Waals surface area (Å²) >= 11 is 0. The summed E-state index contributed by atoms with van der Waals surface area (Å²) in [7, 11) is 0. The van der Waals surface area contributed by atoms with Crippen LogP contribution in [0.2, 0.25) is 0 Å². The third-order valence-corrected chi connectivity index (χ3v) is 2.84. The van der Waals surface area contributed by atoms with Gasteiger partial charge in [0.1, 0.15) is 0 Å². The maximum atomic E-state index is 2.35. The molecule has 0 bridgehead atoms. The van der Waals surface area contributed by atoms with Crippen LogP contribution in [0.5, 0.6) is 0 Å². The molecule has 1 rings (SSSR count). The standard InChI is InChI=1S/C16H22/c1-4-9-16(5-2)14(3)12-13-15-10-7-6-8-11-15/h6-14H,4-5H2,1-3H3/b13-12+,16-9+. The van der Waals surface area contributed by atoms with Crippen molar-refractivity contribution < 1.29 is 0 Å². The molecule has 1 aromatic carbocycles. The SMILES string of the molecule is CC/C=C(\CC)C(C)/C=C/c1ccccc1. The van der Waals surface area contributed by atoms with Crippen LogP contribution in [0, 0.1) is 5.92 Å². The van der Waals surface area contributed by atoms with Gasteiger partial charge in [0, 0.05) is 0 Å². The van der Waals surface area contributed by atoms with Crippen molar-refractivity contribution in [1.29, 1.82) is 0 Å². The van der Waals surface area contributed by atoms with Crippen molar-refractivity contribution in [2.24, 2.45) is 5.92 Å². The van der Waals surface area contributed by atoms with Gasteiger partial charge in [0.25, 0.3) is 0 Å². The van der Waals surface area contributed by atoms with Gasteiger partial charge >= 0.3 is 0 Å². The lowest BCUT2D eigenvalue weighted by Crippen LogP contribution is -1.94. The Morgan fingerprint density at radius 2 is 1.88 bits per heavy atom. The minimum Gasteiger partial charge on any atom is -0.0850 e. The van der Waals surface area contributed by atoms with E-state index < -0.39 is 0 Å². The summed E-state index contributed by atoms with van der Waals surface area (Å²) in [5.41, 5.74) is 2.82. The molecule has 1 atom stereocenters. The highest BCUT2D eigenvalue weighted by Gasteiger charge is 2.01. The summed E-state index contributed by atoms with van der Waals surface area (Å²) in [6.07, 6.45) is 9.13. The predicted molar refractivity (Wildman–Crippen MR) is 73.3 cm³/mol. The number of benzene rings is 1. The van der Waals surface area contributed by atoms with Gasteiger partial charge in [-0.15, -0.1) is 0 Å². The lowest BCUT2D eigenvalue weighted by atomic mass is 9.96. The zero-order chi connectivity index (χ0) is 11.8. The van der Waals surface area contributed by atoms with Gasteiger partial charge in [-0.25, -0.2) is 0 Å². The Kier molecular flexibility index (Phi) is 5.63. The average Bonchev–Trinajstić information content (AvgIpc) is 2.34. The van der Waals surface area contributed by atoms with E-state index >= 15 is 0 Å². The van der Waals surface area contributed by atoms with Crippen LogP contribution in [0.4, 0.5) is 0 Å². The topological polar surface area (TPSA) is 0 Å². The highest BCUT2D eigenvalue weighted by Crippen LogP contribution is 2.17. The van der Waals surface area contributed by atoms with Gasteiger partial charge < -0.3 is 0 Å². The highest BCUT2D eigenvalue weighted by atomic mass is 14.1. The van der Waals surface area contributed by atoms with Crippen molar-refractivity contribution in [3.8, 4) is 0 Å². The third-order valence-electron chi connectivity index (χ3n) is 2.84. The first-order valence-corrected chi connectivity index (χ1v) is 6.20. The molecule has 0 aliphatic heterocycles. The molecule has 0 heterocycles. The molecule has 16 heavy (non-hydrogen) atoms. The minimum atomic E-state index is 0.546. The smallest absolute Gasteiger partial charge is 0.00484 e. The average molecular weight is 214 g/mol. The van der Waals surface area contributed by atoms with Crippen LogP contribution in [0.15, 0.2) is 48.1 Å². The van der Waals surface area contributed by atoms with E-state index in [-0.39, 0.29) is 0 Å². The first-order chi connectivity index (χ1) is 7.77. The third kappa shape index (κ3) is 4.06. The zero-order valence-electron chi connectivity index (χ0n) is 10.6. The molecule has 0 amide bonds. The fourth-order valence-electron chi connectivity index (χ4n) is 1.86. The van der Waals surface area contributed by atoms with E-state index in [1.54, 1.807) is 0 Å². The van der Waals surface area contributed by atoms with E-state index in [0.717, 1.165) is 12.8 Å². The summed E-state index contributed by atoms with van der Waals surface area (Å²) in [5, 5.41) is 0. The van der Waals surface area contributed by atoms with Crippen molar-refractivity contribution in [3.05, 3.63) is 53.6 Å². The molecular formula is C16H22. The number of hydrogen-bond donors (Lipinski definition) is 0. The van der Waals surface area contributed by atoms with Crippen molar-refractivity contribution >= 4 is 6.08 Å². The Morgan fingerprint density at radius 1 is 1.19 bits per heavy atom. The first kappa shape index (κ1) is 12.8. The van der Waals surface area contributed by atoms with E-state index in [2.05, 4.69) is 69.3 Å². The second kappa shape index (κ2) is 7.05. The van der Waals surface area contributed by atoms with Gasteiger partial charge in [-0.3, -0.25) is 0 Å². The van der Waals surface area contributed by atoms with E-state index in [9.17, 15) is 0 Å². The number of allylic oxidation sites excluding steroid dienone is 3. The summed E-state index contributed by atoms with van der Waals surface area (Å²) in [5.74, 6) is 0.546. The monoisotopic (exact) mass is 214 g/mol. The summed E-state index contributed by atoms with van der Waals surface area (Å²) in [4.78, 5) is 0. The number of hydrogen-bond acceptors (Lipinski definition) is 0. The van der Waals surface area contributed by atoms with Crippen LogP contribution in [0.25, 0.3) is 6.08 Å². The Hall–Kier alpha value is -1.30. The quantitative estimate of drug-likeness (QED) is 0.599. The lowest BCUT2D eigenvalue weighted by Gasteiger charge is -2.09. The van der Waals surface area contributed by atoms with Gasteiger partial charge in [0.05, 0.1) is 0 Å². The van der Waals surface area contributed by atoms with Crippen LogP contribution in [-0.2, 0) is 0 Å². The zero-order valence-corrected chi connectivity index (χ0v) is 10.6. The van der Waals surface area contributed by atoms with E-state index in [0.29, 0.717) is 5.92 Å². The maximum Gasteiger partial charge on any atom is -0.00484 e. The normalized spacial score (nSPS) is 14.3. The molecule has 0 fully saturated rings. The second-order valence-corrected chi connectivity index (χ2v) is 4.10. The number of rotatable bonds is 5. The van der Waals surface area contributed by atoms with Crippen molar-refractivity contribution in [2.45, 2.75) is 33.6 Å². The Labute approximate surface area is 99.7 Å². The molecule has 0 aliphatic rings. The molecule has 0 aliphatic carbocycles. The maximum absolute atomic E-state index is 2.35. The molecule has 0 saturated carbocycles. The summed E-state index contributed by atoms with van der Waals surface area (Å²) in [6.45, 7) is 6.70. The van der Waals surface area contributed by atoms with Crippen LogP contribution in [0.3, 0.4) is 0 Å². The fraction of sp³-hybridized carbons (Fsp3) is 0.375. The summed E-state index contributed by atoms with van der Waals surface area (Å²) < 4.78 is 0. The van der Waals surface area contributed by atoms with Crippen LogP contribution < -0.4 is 0 Å². The fourth-order valence-corrected chi connectivity index (χ4v) is 1.86. The van der Waals surface area contributed by atoms with Gasteiger partial charge in [0.15, 0.2) is 0 Å². The van der Waals surface area contributed by atoms with E-state index in [1.165, 1.54) is 11.1 Å². The van der Waals surface area contributed by atoms with Crippen LogP contribution >= 0.6 is 0 Å². The van der Waals surface area contributed by atoms with Crippen LogP contribution in [-0.4, -0.2) is 0 Å². The molecular weight excluding hydrogens is 192 g/mol. The predicted octanol–water partition coefficient (Wildman–Crippen LogP) is 5.08. The van der Waals surface area contributed by atoms with Gasteiger partial charge in [-0.1, -0.05) is 74.9 Å². The van der Waals surface area contributed by atoms with Gasteiger partial charge in [0.2, 0.25) is 0 Å². The lowest BCUT2D eigenvalue weighted by molar-refractivity contribution is 0.803. The molecule has 1 aromatic rings. The molecule has 0 saturated heterocycles. The summed E-state index contributed by atoms with van der Waals surface area (Å²) in [6, 6.07) is 10.5. The molecule has 0 nitrogen and oxygen atoms in total. The van der Waals surface area contributed by atoms with Crippen molar-refractivity contribution in [3.63, 3.8) is 0 Å². The second-order valence-electron chi connectivity index (χ2n) is 4.10. The van der Waals surface area contributed by atoms with Gasteiger partial charge in [-0.2, -0.15) is 0 Å². The van der Waals surface area contributed by atoms with Crippen LogP contribution in [0.1, 0.15) is 39.2 Å². The Bertz CT molecular complexity index is 344. The Balaban J connectivity index is 2.67. The highest BCUT2D eigenvalue weighted by molar-refractivity contribution is 5.49. The van der Waals surface area contributed by atoms with E-state index in [1.807, 2.05) is 0 Å². The van der Waals surface area contributed by atoms with Crippen molar-refractivity contribution in [2.75, 3.05) is 0 Å². The van der Waals surface area contributed by atoms with Crippen molar-refractivity contribution in [1.82, 2.24) is 0 Å². The first-order valence-electron chi connectivity index (χ1n) is 6.20. The molecule has 1 unspecified atom stereocenters. The molecule has 0 N–H and O–H groups in total. The molecule has 86 valence electrons. The molecule has 0 heteroatoms. The van der Waals surface area contributed by atoms with E-state index in [4.69, 9.17) is 0 Å². The minimum absolute atomic E-state index is 0.546. The molecule has 0 radical (unpaired) electrons. The molecule has 0 aromatic heterocycles. The largest absolute Gasteiger partial charge is 0.0850 e. The molecule has 0 spiro atoms.